The molecular formula is C18H14BrFN4. The van der Waals surface area contributed by atoms with Gasteiger partial charge in [-0.2, -0.15) is 10.5 Å². The number of piperidine rings is 1. The highest BCUT2D eigenvalue weighted by molar-refractivity contribution is 9.10. The van der Waals surface area contributed by atoms with E-state index in [2.05, 4.69) is 31.9 Å². The fourth-order valence-electron chi connectivity index (χ4n) is 2.97. The molecule has 0 atom stereocenters. The number of rotatable bonds is 2. The van der Waals surface area contributed by atoms with E-state index < -0.39 is 5.82 Å². The lowest BCUT2D eigenvalue weighted by Gasteiger charge is -2.29. The maximum absolute atomic E-state index is 14.0. The van der Waals surface area contributed by atoms with Crippen molar-refractivity contribution in [3.63, 3.8) is 0 Å². The number of pyridine rings is 1. The lowest BCUT2D eigenvalue weighted by molar-refractivity contribution is 0.573. The van der Waals surface area contributed by atoms with Gasteiger partial charge in [-0.05, 0) is 52.9 Å². The first-order valence-electron chi connectivity index (χ1n) is 7.69. The first-order valence-corrected chi connectivity index (χ1v) is 8.48. The quantitative estimate of drug-likeness (QED) is 0.770. The molecule has 0 bridgehead atoms. The highest BCUT2D eigenvalue weighted by Gasteiger charge is 2.21. The molecule has 0 saturated carbocycles. The van der Waals surface area contributed by atoms with E-state index in [9.17, 15) is 9.65 Å². The van der Waals surface area contributed by atoms with Crippen molar-refractivity contribution in [1.82, 2.24) is 4.98 Å². The summed E-state index contributed by atoms with van der Waals surface area (Å²) in [5, 5.41) is 18.6. The number of aromatic nitrogens is 1. The average molecular weight is 385 g/mol. The Bertz CT molecular complexity index is 861. The average Bonchev–Trinajstić information content (AvgIpc) is 2.62. The minimum atomic E-state index is -0.595. The highest BCUT2D eigenvalue weighted by atomic mass is 79.9. The van der Waals surface area contributed by atoms with E-state index in [1.807, 2.05) is 6.07 Å². The Kier molecular flexibility index (Phi) is 4.78. The smallest absolute Gasteiger partial charge is 0.147 e. The number of benzene rings is 1. The second kappa shape index (κ2) is 6.98. The third kappa shape index (κ3) is 2.98. The zero-order valence-electron chi connectivity index (χ0n) is 12.9. The van der Waals surface area contributed by atoms with Gasteiger partial charge in [-0.3, -0.25) is 0 Å². The summed E-state index contributed by atoms with van der Waals surface area (Å²) in [5.41, 5.74) is 1.57. The van der Waals surface area contributed by atoms with E-state index in [1.54, 1.807) is 12.3 Å². The monoisotopic (exact) mass is 384 g/mol. The van der Waals surface area contributed by atoms with Crippen LogP contribution in [0.15, 0.2) is 28.9 Å². The van der Waals surface area contributed by atoms with Crippen molar-refractivity contribution in [3.05, 3.63) is 45.8 Å². The largest absolute Gasteiger partial charge is 0.356 e. The number of hydrogen-bond acceptors (Lipinski definition) is 4. The number of hydrogen-bond donors (Lipinski definition) is 0. The summed E-state index contributed by atoms with van der Waals surface area (Å²) >= 11 is 3.42. The molecule has 2 heterocycles. The molecule has 0 spiro atoms. The van der Waals surface area contributed by atoms with Crippen molar-refractivity contribution >= 4 is 21.7 Å². The van der Waals surface area contributed by atoms with Gasteiger partial charge in [-0.15, -0.1) is 0 Å². The van der Waals surface area contributed by atoms with Gasteiger partial charge >= 0.3 is 0 Å². The zero-order chi connectivity index (χ0) is 17.1. The van der Waals surface area contributed by atoms with E-state index in [1.165, 1.54) is 18.6 Å². The summed E-state index contributed by atoms with van der Waals surface area (Å²) in [6, 6.07) is 8.41. The molecule has 1 aliphatic rings. The Morgan fingerprint density at radius 2 is 1.88 bits per heavy atom. The van der Waals surface area contributed by atoms with Gasteiger partial charge in [0.1, 0.15) is 29.3 Å². The van der Waals surface area contributed by atoms with Crippen LogP contribution in [0.4, 0.5) is 10.2 Å². The van der Waals surface area contributed by atoms with Gasteiger partial charge in [0, 0.05) is 29.3 Å². The van der Waals surface area contributed by atoms with Crippen molar-refractivity contribution in [1.29, 1.82) is 10.5 Å². The Balaban J connectivity index is 2.15. The molecule has 0 N–H and O–H groups in total. The lowest BCUT2D eigenvalue weighted by Crippen LogP contribution is -2.31. The Morgan fingerprint density at radius 3 is 2.50 bits per heavy atom. The van der Waals surface area contributed by atoms with Crippen molar-refractivity contribution in [2.75, 3.05) is 18.0 Å². The van der Waals surface area contributed by atoms with E-state index >= 15 is 0 Å². The van der Waals surface area contributed by atoms with Crippen LogP contribution in [0.1, 0.15) is 30.4 Å². The summed E-state index contributed by atoms with van der Waals surface area (Å²) in [4.78, 5) is 6.53. The van der Waals surface area contributed by atoms with Gasteiger partial charge in [-0.25, -0.2) is 9.37 Å². The number of nitriles is 2. The maximum atomic E-state index is 14.0. The Labute approximate surface area is 148 Å². The Morgan fingerprint density at radius 1 is 1.12 bits per heavy atom. The van der Waals surface area contributed by atoms with Crippen LogP contribution in [0.5, 0.6) is 0 Å². The molecule has 1 saturated heterocycles. The predicted molar refractivity (Wildman–Crippen MR) is 92.8 cm³/mol. The van der Waals surface area contributed by atoms with Crippen LogP contribution in [0.25, 0.3) is 11.1 Å². The van der Waals surface area contributed by atoms with Crippen LogP contribution in [-0.4, -0.2) is 18.1 Å². The molecule has 6 heteroatoms. The summed E-state index contributed by atoms with van der Waals surface area (Å²) in [6.45, 7) is 1.73. The third-order valence-corrected chi connectivity index (χ3v) is 4.76. The molecule has 0 aliphatic carbocycles. The van der Waals surface area contributed by atoms with E-state index in [0.29, 0.717) is 27.0 Å². The predicted octanol–water partition coefficient (Wildman–Crippen LogP) is 4.38. The molecule has 1 aliphatic heterocycles. The van der Waals surface area contributed by atoms with Crippen molar-refractivity contribution < 1.29 is 4.39 Å². The normalized spacial score (nSPS) is 14.1. The van der Waals surface area contributed by atoms with Gasteiger partial charge in [-0.1, -0.05) is 6.07 Å². The number of anilines is 1. The molecule has 2 aromatic rings. The van der Waals surface area contributed by atoms with Gasteiger partial charge < -0.3 is 4.90 Å². The van der Waals surface area contributed by atoms with Gasteiger partial charge in [0.25, 0.3) is 0 Å². The van der Waals surface area contributed by atoms with Crippen molar-refractivity contribution in [2.45, 2.75) is 19.3 Å². The van der Waals surface area contributed by atoms with E-state index in [-0.39, 0.29) is 5.56 Å². The summed E-state index contributed by atoms with van der Waals surface area (Å²) in [5.74, 6) is 0.0438. The van der Waals surface area contributed by atoms with Crippen LogP contribution >= 0.6 is 15.9 Å². The highest BCUT2D eigenvalue weighted by Crippen LogP contribution is 2.36. The third-order valence-electron chi connectivity index (χ3n) is 4.16. The minimum absolute atomic E-state index is 0.0151. The van der Waals surface area contributed by atoms with Crippen LogP contribution in [0.2, 0.25) is 0 Å². The second-order valence-electron chi connectivity index (χ2n) is 5.65. The second-order valence-corrected chi connectivity index (χ2v) is 6.50. The minimum Gasteiger partial charge on any atom is -0.356 e. The molecule has 1 aromatic heterocycles. The van der Waals surface area contributed by atoms with Crippen molar-refractivity contribution in [2.24, 2.45) is 0 Å². The van der Waals surface area contributed by atoms with Crippen LogP contribution in [0.3, 0.4) is 0 Å². The van der Waals surface area contributed by atoms with Gasteiger partial charge in [0.2, 0.25) is 0 Å². The lowest BCUT2D eigenvalue weighted by atomic mass is 9.99. The molecule has 1 aromatic carbocycles. The first-order chi connectivity index (χ1) is 11.7. The topological polar surface area (TPSA) is 63.7 Å². The molecule has 4 nitrogen and oxygen atoms in total. The SMILES string of the molecule is N#Cc1ccc(-c2c(Br)cnc(N3CCCCC3)c2C#N)cc1F. The molecule has 120 valence electrons. The molecule has 0 amide bonds. The van der Waals surface area contributed by atoms with Gasteiger partial charge in [0.15, 0.2) is 0 Å². The molecule has 3 rings (SSSR count). The molecule has 1 fully saturated rings. The zero-order valence-corrected chi connectivity index (χ0v) is 14.5. The van der Waals surface area contributed by atoms with Gasteiger partial charge in [0.05, 0.1) is 5.56 Å². The van der Waals surface area contributed by atoms with Crippen molar-refractivity contribution in [3.8, 4) is 23.3 Å². The number of nitrogens with zero attached hydrogens (tertiary/aromatic N) is 4. The molecule has 0 radical (unpaired) electrons. The van der Waals surface area contributed by atoms with Crippen LogP contribution in [0, 0.1) is 28.5 Å². The summed E-state index contributed by atoms with van der Waals surface area (Å²) in [7, 11) is 0. The Hall–Kier alpha value is -2.44. The standard InChI is InChI=1S/C18H14BrFN4/c19-15-11-23-18(24-6-2-1-3-7-24)14(10-22)17(15)12-4-5-13(9-21)16(20)8-12/h4-5,8,11H,1-3,6-7H2. The fraction of sp³-hybridized carbons (Fsp3) is 0.278. The van der Waals surface area contributed by atoms with E-state index in [4.69, 9.17) is 5.26 Å². The summed E-state index contributed by atoms with van der Waals surface area (Å²) < 4.78 is 14.6. The maximum Gasteiger partial charge on any atom is 0.147 e. The van der Waals surface area contributed by atoms with E-state index in [0.717, 1.165) is 25.9 Å². The molecule has 24 heavy (non-hydrogen) atoms. The summed E-state index contributed by atoms with van der Waals surface area (Å²) in [6.07, 6.45) is 4.98. The van der Waals surface area contributed by atoms with Crippen LogP contribution < -0.4 is 4.90 Å². The van der Waals surface area contributed by atoms with Crippen LogP contribution in [-0.2, 0) is 0 Å². The number of halogens is 2. The molecule has 0 unspecified atom stereocenters. The molecular weight excluding hydrogens is 371 g/mol. The fourth-order valence-corrected chi connectivity index (χ4v) is 3.50. The first kappa shape index (κ1) is 16.4.